The third-order valence-electron chi connectivity index (χ3n) is 5.20. The van der Waals surface area contributed by atoms with Gasteiger partial charge in [0.05, 0.1) is 16.9 Å². The van der Waals surface area contributed by atoms with Crippen molar-refractivity contribution >= 4 is 5.82 Å². The van der Waals surface area contributed by atoms with E-state index < -0.39 is 11.7 Å². The molecule has 1 aliphatic rings. The van der Waals surface area contributed by atoms with E-state index in [1.807, 2.05) is 13.8 Å². The molecule has 1 aliphatic carbocycles. The second kappa shape index (κ2) is 7.30. The van der Waals surface area contributed by atoms with Gasteiger partial charge in [-0.2, -0.15) is 18.3 Å². The molecule has 0 unspecified atom stereocenters. The monoisotopic (exact) mass is 417 g/mol. The Morgan fingerprint density at radius 2 is 2.00 bits per heavy atom. The summed E-state index contributed by atoms with van der Waals surface area (Å²) in [5, 5.41) is 7.38. The Kier molecular flexibility index (Phi) is 4.91. The molecular weight excluding hydrogens is 395 g/mol. The fraction of sp³-hybridized carbons (Fsp3) is 0.381. The molecule has 9 heteroatoms. The van der Waals surface area contributed by atoms with Gasteiger partial charge in [-0.1, -0.05) is 6.92 Å². The summed E-state index contributed by atoms with van der Waals surface area (Å²) in [5.41, 5.74) is -0.437. The molecule has 0 saturated heterocycles. The first kappa shape index (κ1) is 20.2. The number of anilines is 1. The molecule has 0 atom stereocenters. The van der Waals surface area contributed by atoms with E-state index in [9.17, 15) is 18.0 Å². The number of nitrogens with one attached hydrogen (secondary N) is 1. The Morgan fingerprint density at radius 3 is 2.67 bits per heavy atom. The van der Waals surface area contributed by atoms with Crippen LogP contribution < -0.4 is 10.9 Å². The number of hydrogen-bond donors (Lipinski definition) is 1. The molecule has 0 aliphatic heterocycles. The number of aromatic nitrogens is 4. The first-order chi connectivity index (χ1) is 14.2. The van der Waals surface area contributed by atoms with Crippen LogP contribution in [0, 0.1) is 0 Å². The Morgan fingerprint density at radius 1 is 1.23 bits per heavy atom. The second-order valence-electron chi connectivity index (χ2n) is 7.86. The van der Waals surface area contributed by atoms with Crippen LogP contribution >= 0.6 is 0 Å². The Hall–Kier alpha value is -3.10. The van der Waals surface area contributed by atoms with Gasteiger partial charge in [-0.15, -0.1) is 0 Å². The van der Waals surface area contributed by atoms with E-state index >= 15 is 0 Å². The molecule has 3 aromatic heterocycles. The van der Waals surface area contributed by atoms with Crippen LogP contribution in [0.5, 0.6) is 0 Å². The highest BCUT2D eigenvalue weighted by Crippen LogP contribution is 2.41. The average Bonchev–Trinajstić information content (AvgIpc) is 3.21. The van der Waals surface area contributed by atoms with E-state index in [4.69, 9.17) is 0 Å². The van der Waals surface area contributed by atoms with E-state index in [1.54, 1.807) is 23.0 Å². The molecule has 1 fully saturated rings. The number of hydrogen-bond acceptors (Lipinski definition) is 4. The van der Waals surface area contributed by atoms with E-state index in [1.165, 1.54) is 23.0 Å². The minimum atomic E-state index is -4.54. The zero-order valence-corrected chi connectivity index (χ0v) is 16.7. The predicted molar refractivity (Wildman–Crippen MR) is 108 cm³/mol. The topological polar surface area (TPSA) is 64.7 Å². The SMILES string of the molecule is CCCn1cc(-n2ccc(-c3cnc(NC4(C)CC4)cc3C(F)(F)F)n2)ccc1=O. The van der Waals surface area contributed by atoms with Crippen molar-refractivity contribution in [2.24, 2.45) is 0 Å². The highest BCUT2D eigenvalue weighted by atomic mass is 19.4. The minimum Gasteiger partial charge on any atom is -0.365 e. The summed E-state index contributed by atoms with van der Waals surface area (Å²) >= 11 is 0. The van der Waals surface area contributed by atoms with E-state index in [-0.39, 0.29) is 28.2 Å². The van der Waals surface area contributed by atoms with Crippen LogP contribution in [0.1, 0.15) is 38.7 Å². The number of nitrogens with zero attached hydrogens (tertiary/aromatic N) is 4. The maximum Gasteiger partial charge on any atom is 0.417 e. The van der Waals surface area contributed by atoms with Gasteiger partial charge < -0.3 is 9.88 Å². The summed E-state index contributed by atoms with van der Waals surface area (Å²) in [6.45, 7) is 4.46. The molecule has 1 N–H and O–H groups in total. The minimum absolute atomic E-state index is 0.0883. The molecule has 6 nitrogen and oxygen atoms in total. The van der Waals surface area contributed by atoms with Gasteiger partial charge in [-0.25, -0.2) is 9.67 Å². The smallest absolute Gasteiger partial charge is 0.365 e. The highest BCUT2D eigenvalue weighted by molar-refractivity contribution is 5.66. The van der Waals surface area contributed by atoms with E-state index in [0.717, 1.165) is 25.3 Å². The van der Waals surface area contributed by atoms with E-state index in [0.29, 0.717) is 12.2 Å². The van der Waals surface area contributed by atoms with Gasteiger partial charge in [0.2, 0.25) is 0 Å². The summed E-state index contributed by atoms with van der Waals surface area (Å²) < 4.78 is 44.2. The molecule has 0 aromatic carbocycles. The fourth-order valence-corrected chi connectivity index (χ4v) is 3.27. The van der Waals surface area contributed by atoms with Gasteiger partial charge in [-0.3, -0.25) is 4.79 Å². The molecular formula is C21H22F3N5O. The van der Waals surface area contributed by atoms with Gasteiger partial charge in [-0.05, 0) is 44.4 Å². The summed E-state index contributed by atoms with van der Waals surface area (Å²) in [7, 11) is 0. The zero-order chi connectivity index (χ0) is 21.5. The van der Waals surface area contributed by atoms with Crippen molar-refractivity contribution < 1.29 is 13.2 Å². The number of aryl methyl sites for hydroxylation is 1. The number of rotatable bonds is 6. The second-order valence-corrected chi connectivity index (χ2v) is 7.86. The number of halogens is 3. The van der Waals surface area contributed by atoms with Crippen LogP contribution in [0.15, 0.2) is 47.7 Å². The van der Waals surface area contributed by atoms with Crippen molar-refractivity contribution in [2.45, 2.75) is 51.4 Å². The quantitative estimate of drug-likeness (QED) is 0.642. The highest BCUT2D eigenvalue weighted by Gasteiger charge is 2.39. The lowest BCUT2D eigenvalue weighted by Gasteiger charge is -2.16. The Labute approximate surface area is 171 Å². The van der Waals surface area contributed by atoms with Crippen LogP contribution in [0.3, 0.4) is 0 Å². The molecule has 0 bridgehead atoms. The summed E-state index contributed by atoms with van der Waals surface area (Å²) in [5.74, 6) is 0.206. The molecule has 4 rings (SSSR count). The first-order valence-electron chi connectivity index (χ1n) is 9.81. The van der Waals surface area contributed by atoms with Crippen LogP contribution in [0.4, 0.5) is 19.0 Å². The van der Waals surface area contributed by atoms with Gasteiger partial charge >= 0.3 is 6.18 Å². The van der Waals surface area contributed by atoms with Crippen molar-refractivity contribution in [3.05, 3.63) is 58.8 Å². The lowest BCUT2D eigenvalue weighted by atomic mass is 10.1. The van der Waals surface area contributed by atoms with Crippen molar-refractivity contribution in [1.82, 2.24) is 19.3 Å². The molecule has 1 saturated carbocycles. The third-order valence-corrected chi connectivity index (χ3v) is 5.20. The van der Waals surface area contributed by atoms with Crippen LogP contribution in [-0.4, -0.2) is 24.9 Å². The summed E-state index contributed by atoms with van der Waals surface area (Å²) in [4.78, 5) is 16.1. The van der Waals surface area contributed by atoms with Crippen molar-refractivity contribution in [3.8, 4) is 16.9 Å². The van der Waals surface area contributed by atoms with E-state index in [2.05, 4.69) is 15.4 Å². The van der Waals surface area contributed by atoms with Gasteiger partial charge in [0.15, 0.2) is 0 Å². The molecule has 3 heterocycles. The lowest BCUT2D eigenvalue weighted by Crippen LogP contribution is -2.19. The van der Waals surface area contributed by atoms with Crippen molar-refractivity contribution in [3.63, 3.8) is 0 Å². The Bertz CT molecular complexity index is 1130. The van der Waals surface area contributed by atoms with Gasteiger partial charge in [0, 0.05) is 42.3 Å². The summed E-state index contributed by atoms with van der Waals surface area (Å²) in [6, 6.07) is 5.57. The molecule has 0 amide bonds. The van der Waals surface area contributed by atoms with Crippen molar-refractivity contribution in [1.29, 1.82) is 0 Å². The zero-order valence-electron chi connectivity index (χ0n) is 16.7. The molecule has 0 radical (unpaired) electrons. The fourth-order valence-electron chi connectivity index (χ4n) is 3.27. The van der Waals surface area contributed by atoms with Crippen LogP contribution in [0.2, 0.25) is 0 Å². The summed E-state index contributed by atoms with van der Waals surface area (Å²) in [6.07, 6.45) is 2.48. The lowest BCUT2D eigenvalue weighted by molar-refractivity contribution is -0.137. The number of pyridine rings is 2. The van der Waals surface area contributed by atoms with Crippen molar-refractivity contribution in [2.75, 3.05) is 5.32 Å². The standard InChI is InChI=1S/C21H22F3N5O/c1-3-9-28-13-14(4-5-19(28)30)29-10-6-17(27-29)15-12-25-18(26-20(2)7-8-20)11-16(15)21(22,23)24/h4-6,10-13H,3,7-9H2,1-2H3,(H,25,26). The average molecular weight is 417 g/mol. The first-order valence-corrected chi connectivity index (χ1v) is 9.81. The molecule has 158 valence electrons. The maximum atomic E-state index is 13.7. The predicted octanol–water partition coefficient (Wildman–Crippen LogP) is 4.49. The number of alkyl halides is 3. The van der Waals surface area contributed by atoms with Gasteiger partial charge in [0.1, 0.15) is 5.82 Å². The van der Waals surface area contributed by atoms with Gasteiger partial charge in [0.25, 0.3) is 5.56 Å². The maximum absolute atomic E-state index is 13.7. The third kappa shape index (κ3) is 4.10. The normalized spacial score (nSPS) is 15.2. The molecule has 3 aromatic rings. The molecule has 30 heavy (non-hydrogen) atoms. The largest absolute Gasteiger partial charge is 0.417 e. The van der Waals surface area contributed by atoms with Crippen LogP contribution in [-0.2, 0) is 12.7 Å². The Balaban J connectivity index is 1.70. The molecule has 0 spiro atoms. The van der Waals surface area contributed by atoms with Crippen LogP contribution in [0.25, 0.3) is 16.9 Å².